The molecule has 0 saturated carbocycles. The van der Waals surface area contributed by atoms with E-state index in [1.807, 2.05) is 26.8 Å². The normalized spacial score (nSPS) is 16.3. The highest BCUT2D eigenvalue weighted by Crippen LogP contribution is 2.21. The summed E-state index contributed by atoms with van der Waals surface area (Å²) in [5.74, 6) is 1.75. The number of hydrogen-bond donors (Lipinski definition) is 2. The van der Waals surface area contributed by atoms with Gasteiger partial charge in [0.1, 0.15) is 5.82 Å². The van der Waals surface area contributed by atoms with Gasteiger partial charge in [-0.3, -0.25) is 4.99 Å². The standard InChI is InChI=1S/C20H29FN6O/c1-20(2,3)18-25-17(26-28-18)13-23-19(22-4)24-15-8-10-27(11-9-15)16-7-5-6-14(21)12-16/h5-7,12,15H,8-11,13H2,1-4H3,(H2,22,23,24). The molecule has 1 aromatic heterocycles. The van der Waals surface area contributed by atoms with Gasteiger partial charge in [-0.2, -0.15) is 4.98 Å². The lowest BCUT2D eigenvalue weighted by Crippen LogP contribution is -2.48. The molecule has 0 unspecified atom stereocenters. The zero-order valence-corrected chi connectivity index (χ0v) is 17.0. The molecule has 0 spiro atoms. The fourth-order valence-electron chi connectivity index (χ4n) is 3.14. The third kappa shape index (κ3) is 5.21. The Labute approximate surface area is 165 Å². The molecule has 2 heterocycles. The maximum atomic E-state index is 13.4. The van der Waals surface area contributed by atoms with Crippen molar-refractivity contribution in [3.05, 3.63) is 41.8 Å². The van der Waals surface area contributed by atoms with Crippen LogP contribution in [0.15, 0.2) is 33.8 Å². The van der Waals surface area contributed by atoms with E-state index in [1.54, 1.807) is 19.2 Å². The second-order valence-corrected chi connectivity index (χ2v) is 8.08. The topological polar surface area (TPSA) is 78.6 Å². The lowest BCUT2D eigenvalue weighted by molar-refractivity contribution is 0.318. The number of hydrogen-bond acceptors (Lipinski definition) is 5. The Morgan fingerprint density at radius 3 is 2.68 bits per heavy atom. The van der Waals surface area contributed by atoms with Crippen LogP contribution in [0.2, 0.25) is 0 Å². The van der Waals surface area contributed by atoms with Crippen LogP contribution in [-0.2, 0) is 12.0 Å². The van der Waals surface area contributed by atoms with Crippen LogP contribution in [0, 0.1) is 5.82 Å². The monoisotopic (exact) mass is 388 g/mol. The summed E-state index contributed by atoms with van der Waals surface area (Å²) in [6.07, 6.45) is 1.90. The summed E-state index contributed by atoms with van der Waals surface area (Å²) in [6.45, 7) is 8.30. The molecule has 1 aromatic carbocycles. The van der Waals surface area contributed by atoms with Gasteiger partial charge >= 0.3 is 0 Å². The van der Waals surface area contributed by atoms with Gasteiger partial charge in [-0.05, 0) is 31.0 Å². The lowest BCUT2D eigenvalue weighted by atomic mass is 9.97. The first-order valence-electron chi connectivity index (χ1n) is 9.66. The molecule has 2 N–H and O–H groups in total. The Bertz CT molecular complexity index is 805. The first-order valence-corrected chi connectivity index (χ1v) is 9.66. The van der Waals surface area contributed by atoms with Gasteiger partial charge in [0.15, 0.2) is 11.8 Å². The third-order valence-corrected chi connectivity index (χ3v) is 4.76. The summed E-state index contributed by atoms with van der Waals surface area (Å²) in [4.78, 5) is 10.9. The van der Waals surface area contributed by atoms with Crippen molar-refractivity contribution in [3.63, 3.8) is 0 Å². The highest BCUT2D eigenvalue weighted by Gasteiger charge is 2.23. The number of anilines is 1. The summed E-state index contributed by atoms with van der Waals surface area (Å²) in [5, 5.41) is 10.7. The van der Waals surface area contributed by atoms with Crippen molar-refractivity contribution in [1.82, 2.24) is 20.8 Å². The van der Waals surface area contributed by atoms with Crippen molar-refractivity contribution < 1.29 is 8.91 Å². The van der Waals surface area contributed by atoms with Gasteiger partial charge in [-0.1, -0.05) is 32.0 Å². The van der Waals surface area contributed by atoms with Crippen LogP contribution in [0.4, 0.5) is 10.1 Å². The van der Waals surface area contributed by atoms with Crippen LogP contribution in [-0.4, -0.2) is 42.3 Å². The van der Waals surface area contributed by atoms with E-state index in [-0.39, 0.29) is 11.2 Å². The molecule has 1 aliphatic rings. The van der Waals surface area contributed by atoms with E-state index in [0.717, 1.165) is 31.6 Å². The quantitative estimate of drug-likeness (QED) is 0.619. The highest BCUT2D eigenvalue weighted by molar-refractivity contribution is 5.79. The molecule has 0 amide bonds. The van der Waals surface area contributed by atoms with E-state index in [9.17, 15) is 4.39 Å². The molecule has 0 bridgehead atoms. The first kappa shape index (κ1) is 20.1. The van der Waals surface area contributed by atoms with Crippen LogP contribution >= 0.6 is 0 Å². The van der Waals surface area contributed by atoms with Gasteiger partial charge < -0.3 is 20.1 Å². The van der Waals surface area contributed by atoms with E-state index < -0.39 is 0 Å². The number of aromatic nitrogens is 2. The number of nitrogens with zero attached hydrogens (tertiary/aromatic N) is 4. The third-order valence-electron chi connectivity index (χ3n) is 4.76. The van der Waals surface area contributed by atoms with Crippen LogP contribution in [0.1, 0.15) is 45.3 Å². The molecule has 3 rings (SSSR count). The van der Waals surface area contributed by atoms with Gasteiger partial charge in [0.05, 0.1) is 6.54 Å². The van der Waals surface area contributed by atoms with Crippen molar-refractivity contribution in [2.75, 3.05) is 25.0 Å². The molecule has 152 valence electrons. The fraction of sp³-hybridized carbons (Fsp3) is 0.550. The molecule has 1 aliphatic heterocycles. The smallest absolute Gasteiger partial charge is 0.232 e. The molecule has 0 aliphatic carbocycles. The summed E-state index contributed by atoms with van der Waals surface area (Å²) in [5.41, 5.74) is 0.772. The van der Waals surface area contributed by atoms with E-state index in [4.69, 9.17) is 4.52 Å². The minimum atomic E-state index is -0.196. The number of halogens is 1. The zero-order chi connectivity index (χ0) is 20.1. The SMILES string of the molecule is CN=C(NCc1noc(C(C)(C)C)n1)NC1CCN(c2cccc(F)c2)CC1. The summed E-state index contributed by atoms with van der Waals surface area (Å²) in [7, 11) is 1.74. The van der Waals surface area contributed by atoms with Crippen molar-refractivity contribution >= 4 is 11.6 Å². The average molecular weight is 388 g/mol. The molecular weight excluding hydrogens is 359 g/mol. The number of rotatable bonds is 4. The van der Waals surface area contributed by atoms with Crippen molar-refractivity contribution in [1.29, 1.82) is 0 Å². The predicted octanol–water partition coefficient (Wildman–Crippen LogP) is 2.84. The summed E-state index contributed by atoms with van der Waals surface area (Å²) >= 11 is 0. The molecule has 7 nitrogen and oxygen atoms in total. The van der Waals surface area contributed by atoms with E-state index in [1.165, 1.54) is 6.07 Å². The Morgan fingerprint density at radius 2 is 2.07 bits per heavy atom. The molecule has 2 aromatic rings. The number of piperidine rings is 1. The van der Waals surface area contributed by atoms with E-state index in [0.29, 0.717) is 30.3 Å². The lowest BCUT2D eigenvalue weighted by Gasteiger charge is -2.34. The largest absolute Gasteiger partial charge is 0.371 e. The second kappa shape index (κ2) is 8.58. The van der Waals surface area contributed by atoms with Crippen molar-refractivity contribution in [2.24, 2.45) is 4.99 Å². The highest BCUT2D eigenvalue weighted by atomic mass is 19.1. The number of nitrogens with one attached hydrogen (secondary N) is 2. The molecule has 0 atom stereocenters. The Balaban J connectivity index is 1.47. The number of guanidine groups is 1. The summed E-state index contributed by atoms with van der Waals surface area (Å²) < 4.78 is 18.7. The van der Waals surface area contributed by atoms with Crippen LogP contribution in [0.25, 0.3) is 0 Å². The Hall–Kier alpha value is -2.64. The predicted molar refractivity (Wildman–Crippen MR) is 108 cm³/mol. The van der Waals surface area contributed by atoms with Gasteiger partial charge in [0.25, 0.3) is 0 Å². The minimum absolute atomic E-state index is 0.166. The fourth-order valence-corrected chi connectivity index (χ4v) is 3.14. The zero-order valence-electron chi connectivity index (χ0n) is 17.0. The average Bonchev–Trinajstić information content (AvgIpc) is 3.15. The molecule has 8 heteroatoms. The van der Waals surface area contributed by atoms with Crippen LogP contribution in [0.5, 0.6) is 0 Å². The second-order valence-electron chi connectivity index (χ2n) is 8.08. The van der Waals surface area contributed by atoms with Gasteiger partial charge in [-0.25, -0.2) is 4.39 Å². The Morgan fingerprint density at radius 1 is 1.32 bits per heavy atom. The first-order chi connectivity index (χ1) is 13.3. The Kier molecular flexibility index (Phi) is 6.16. The number of aliphatic imine (C=N–C) groups is 1. The van der Waals surface area contributed by atoms with E-state index >= 15 is 0 Å². The van der Waals surface area contributed by atoms with Crippen LogP contribution in [0.3, 0.4) is 0 Å². The van der Waals surface area contributed by atoms with Crippen molar-refractivity contribution in [2.45, 2.75) is 51.6 Å². The maximum absolute atomic E-state index is 13.4. The number of benzene rings is 1. The molecule has 28 heavy (non-hydrogen) atoms. The van der Waals surface area contributed by atoms with Crippen molar-refractivity contribution in [3.8, 4) is 0 Å². The minimum Gasteiger partial charge on any atom is -0.371 e. The molecular formula is C20H29FN6O. The molecule has 1 fully saturated rings. The summed E-state index contributed by atoms with van der Waals surface area (Å²) in [6, 6.07) is 7.08. The van der Waals surface area contributed by atoms with Gasteiger partial charge in [-0.15, -0.1) is 0 Å². The van der Waals surface area contributed by atoms with Crippen LogP contribution < -0.4 is 15.5 Å². The van der Waals surface area contributed by atoms with Gasteiger partial charge in [0.2, 0.25) is 5.89 Å². The molecule has 1 saturated heterocycles. The molecule has 0 radical (unpaired) electrons. The van der Waals surface area contributed by atoms with Gasteiger partial charge in [0, 0.05) is 37.3 Å². The maximum Gasteiger partial charge on any atom is 0.232 e. The van der Waals surface area contributed by atoms with E-state index in [2.05, 4.69) is 30.7 Å².